The summed E-state index contributed by atoms with van der Waals surface area (Å²) < 4.78 is 18.1. The zero-order chi connectivity index (χ0) is 10.8. The number of imidazole rings is 1. The Kier molecular flexibility index (Phi) is 2.21. The first kappa shape index (κ1) is 10.7. The van der Waals surface area contributed by atoms with Crippen LogP contribution in [0.1, 0.15) is 32.0 Å². The average molecular weight is 432 g/mol. The lowest BCUT2D eigenvalue weighted by atomic mass is 9.47. The van der Waals surface area contributed by atoms with Crippen LogP contribution in [0.3, 0.4) is 0 Å². The van der Waals surface area contributed by atoms with Gasteiger partial charge in [0.2, 0.25) is 0 Å². The molecule has 3 aliphatic rings. The van der Waals surface area contributed by atoms with Gasteiger partial charge in [-0.15, -0.1) is 0 Å². The number of aromatic nitrogens is 2. The third-order valence-corrected chi connectivity index (χ3v) is 6.36. The van der Waals surface area contributed by atoms with E-state index in [9.17, 15) is 4.39 Å². The Labute approximate surface area is 115 Å². The van der Waals surface area contributed by atoms with E-state index in [1.807, 2.05) is 0 Å². The molecule has 0 aromatic carbocycles. The van der Waals surface area contributed by atoms with E-state index in [0.717, 1.165) is 15.9 Å². The minimum Gasteiger partial charge on any atom is -0.316 e. The SMILES string of the molecule is CCc1nc(I)c(I)n1C12CC(F)(C1)C2. The van der Waals surface area contributed by atoms with Crippen molar-refractivity contribution in [2.75, 3.05) is 0 Å². The number of aryl methyl sites for hydroxylation is 1. The quantitative estimate of drug-likeness (QED) is 0.657. The molecule has 0 radical (unpaired) electrons. The first-order chi connectivity index (χ1) is 7.00. The monoisotopic (exact) mass is 432 g/mol. The van der Waals surface area contributed by atoms with Gasteiger partial charge in [0.1, 0.15) is 18.9 Å². The van der Waals surface area contributed by atoms with Crippen LogP contribution in [-0.4, -0.2) is 15.2 Å². The first-order valence-corrected chi connectivity index (χ1v) is 7.27. The van der Waals surface area contributed by atoms with E-state index in [4.69, 9.17) is 0 Å². The van der Waals surface area contributed by atoms with Crippen molar-refractivity contribution < 1.29 is 4.39 Å². The van der Waals surface area contributed by atoms with Gasteiger partial charge in [-0.25, -0.2) is 9.37 Å². The Bertz CT molecular complexity index is 421. The van der Waals surface area contributed by atoms with E-state index in [2.05, 4.69) is 61.7 Å². The maximum absolute atomic E-state index is 13.5. The molecule has 3 fully saturated rings. The van der Waals surface area contributed by atoms with Crippen molar-refractivity contribution in [3.05, 3.63) is 13.2 Å². The lowest BCUT2D eigenvalue weighted by Crippen LogP contribution is -2.70. The summed E-state index contributed by atoms with van der Waals surface area (Å²) >= 11 is 4.59. The standard InChI is InChI=1S/C10H11FI2N2/c1-2-6-14-7(12)8(13)15(6)10-3-9(11,4-10)5-10/h2-5H2,1H3. The van der Waals surface area contributed by atoms with Crippen molar-refractivity contribution in [1.82, 2.24) is 9.55 Å². The average Bonchev–Trinajstić information content (AvgIpc) is 2.37. The molecule has 82 valence electrons. The maximum Gasteiger partial charge on any atom is 0.133 e. The van der Waals surface area contributed by atoms with E-state index in [0.29, 0.717) is 19.3 Å². The summed E-state index contributed by atoms with van der Waals surface area (Å²) in [5.41, 5.74) is -0.739. The molecule has 2 bridgehead atoms. The molecule has 0 spiro atoms. The number of halogens is 3. The summed E-state index contributed by atoms with van der Waals surface area (Å²) in [6.07, 6.45) is 3.04. The van der Waals surface area contributed by atoms with Gasteiger partial charge >= 0.3 is 0 Å². The fourth-order valence-electron chi connectivity index (χ4n) is 2.99. The molecule has 0 saturated heterocycles. The van der Waals surface area contributed by atoms with Crippen LogP contribution in [0, 0.1) is 7.40 Å². The van der Waals surface area contributed by atoms with Crippen LogP contribution >= 0.6 is 45.2 Å². The Morgan fingerprint density at radius 1 is 1.40 bits per heavy atom. The lowest BCUT2D eigenvalue weighted by Gasteiger charge is -2.66. The number of hydrogen-bond donors (Lipinski definition) is 0. The van der Waals surface area contributed by atoms with Crippen LogP contribution in [-0.2, 0) is 12.0 Å². The van der Waals surface area contributed by atoms with Crippen molar-refractivity contribution in [3.63, 3.8) is 0 Å². The van der Waals surface area contributed by atoms with Crippen LogP contribution in [0.2, 0.25) is 0 Å². The highest BCUT2D eigenvalue weighted by Crippen LogP contribution is 2.68. The number of rotatable bonds is 2. The summed E-state index contributed by atoms with van der Waals surface area (Å²) in [4.78, 5) is 4.54. The third kappa shape index (κ3) is 1.28. The number of nitrogens with zero attached hydrogens (tertiary/aromatic N) is 2. The highest BCUT2D eigenvalue weighted by atomic mass is 127. The summed E-state index contributed by atoms with van der Waals surface area (Å²) in [5, 5.41) is 0. The van der Waals surface area contributed by atoms with E-state index < -0.39 is 5.67 Å². The van der Waals surface area contributed by atoms with Gasteiger partial charge in [-0.3, -0.25) is 0 Å². The fourth-order valence-corrected chi connectivity index (χ4v) is 4.42. The maximum atomic E-state index is 13.5. The normalized spacial score (nSPS) is 37.3. The van der Waals surface area contributed by atoms with Crippen molar-refractivity contribution in [2.45, 2.75) is 43.8 Å². The Balaban J connectivity index is 2.05. The highest BCUT2D eigenvalue weighted by molar-refractivity contribution is 14.1. The summed E-state index contributed by atoms with van der Waals surface area (Å²) in [6.45, 7) is 2.11. The first-order valence-electron chi connectivity index (χ1n) is 5.12. The topological polar surface area (TPSA) is 17.8 Å². The molecule has 15 heavy (non-hydrogen) atoms. The van der Waals surface area contributed by atoms with Crippen molar-refractivity contribution in [1.29, 1.82) is 0 Å². The molecule has 2 nitrogen and oxygen atoms in total. The summed E-state index contributed by atoms with van der Waals surface area (Å²) in [6, 6.07) is 0. The Morgan fingerprint density at radius 3 is 2.47 bits per heavy atom. The van der Waals surface area contributed by atoms with Crippen molar-refractivity contribution in [2.24, 2.45) is 0 Å². The second-order valence-corrected chi connectivity index (χ2v) is 6.75. The molecule has 4 rings (SSSR count). The van der Waals surface area contributed by atoms with Gasteiger partial charge in [0.15, 0.2) is 0 Å². The number of hydrogen-bond acceptors (Lipinski definition) is 1. The minimum atomic E-state index is -0.830. The van der Waals surface area contributed by atoms with Crippen LogP contribution in [0.5, 0.6) is 0 Å². The van der Waals surface area contributed by atoms with Crippen LogP contribution in [0.25, 0.3) is 0 Å². The largest absolute Gasteiger partial charge is 0.316 e. The molecule has 0 unspecified atom stereocenters. The van der Waals surface area contributed by atoms with Crippen LogP contribution < -0.4 is 0 Å². The smallest absolute Gasteiger partial charge is 0.133 e. The summed E-state index contributed by atoms with van der Waals surface area (Å²) in [7, 11) is 0. The predicted octanol–water partition coefficient (Wildman–Crippen LogP) is 3.26. The molecule has 1 aromatic heterocycles. The molecule has 3 aliphatic carbocycles. The van der Waals surface area contributed by atoms with E-state index in [1.165, 1.54) is 3.70 Å². The van der Waals surface area contributed by atoms with Gasteiger partial charge < -0.3 is 4.57 Å². The van der Waals surface area contributed by atoms with Crippen molar-refractivity contribution in [3.8, 4) is 0 Å². The van der Waals surface area contributed by atoms with Crippen LogP contribution in [0.4, 0.5) is 4.39 Å². The number of alkyl halides is 1. The molecule has 0 N–H and O–H groups in total. The molecule has 0 atom stereocenters. The Morgan fingerprint density at radius 2 is 2.00 bits per heavy atom. The van der Waals surface area contributed by atoms with Gasteiger partial charge in [0, 0.05) is 25.7 Å². The fraction of sp³-hybridized carbons (Fsp3) is 0.700. The third-order valence-electron chi connectivity index (χ3n) is 3.58. The zero-order valence-electron chi connectivity index (χ0n) is 8.36. The molecule has 1 heterocycles. The molecular weight excluding hydrogens is 421 g/mol. The molecule has 5 heteroatoms. The molecule has 0 aliphatic heterocycles. The van der Waals surface area contributed by atoms with Crippen molar-refractivity contribution >= 4 is 45.2 Å². The predicted molar refractivity (Wildman–Crippen MR) is 72.7 cm³/mol. The van der Waals surface area contributed by atoms with Gasteiger partial charge in [-0.1, -0.05) is 6.92 Å². The second kappa shape index (κ2) is 3.08. The van der Waals surface area contributed by atoms with Gasteiger partial charge in [-0.05, 0) is 45.2 Å². The van der Waals surface area contributed by atoms with Gasteiger partial charge in [0.05, 0.1) is 5.54 Å². The Hall–Kier alpha value is 0.600. The van der Waals surface area contributed by atoms with E-state index in [1.54, 1.807) is 0 Å². The van der Waals surface area contributed by atoms with Gasteiger partial charge in [0.25, 0.3) is 0 Å². The molecule has 1 aromatic rings. The van der Waals surface area contributed by atoms with E-state index >= 15 is 0 Å². The lowest BCUT2D eigenvalue weighted by molar-refractivity contribution is -0.200. The van der Waals surface area contributed by atoms with Gasteiger partial charge in [-0.2, -0.15) is 0 Å². The second-order valence-electron chi connectivity index (χ2n) is 4.70. The minimum absolute atomic E-state index is 0.0903. The summed E-state index contributed by atoms with van der Waals surface area (Å²) in [5.74, 6) is 1.12. The van der Waals surface area contributed by atoms with Crippen LogP contribution in [0.15, 0.2) is 0 Å². The molecule has 0 amide bonds. The van der Waals surface area contributed by atoms with E-state index in [-0.39, 0.29) is 5.54 Å². The zero-order valence-corrected chi connectivity index (χ0v) is 12.7. The molecule has 3 saturated carbocycles. The highest BCUT2D eigenvalue weighted by Gasteiger charge is 2.71. The molecular formula is C10H11FI2N2.